The number of rotatable bonds is 4. The Morgan fingerprint density at radius 2 is 2.11 bits per heavy atom. The topological polar surface area (TPSA) is 105 Å². The Kier molecular flexibility index (Phi) is 4.47. The summed E-state index contributed by atoms with van der Waals surface area (Å²) in [6.07, 6.45) is 6.02. The molecule has 0 aliphatic carbocycles. The van der Waals surface area contributed by atoms with Gasteiger partial charge in [-0.3, -0.25) is 20.0 Å². The van der Waals surface area contributed by atoms with Crippen LogP contribution in [-0.2, 0) is 19.5 Å². The summed E-state index contributed by atoms with van der Waals surface area (Å²) >= 11 is 0. The molecule has 3 aromatic rings. The lowest BCUT2D eigenvalue weighted by Crippen LogP contribution is -2.31. The van der Waals surface area contributed by atoms with Crippen molar-refractivity contribution in [3.8, 4) is 17.1 Å². The summed E-state index contributed by atoms with van der Waals surface area (Å²) in [6.45, 7) is 1.81. The summed E-state index contributed by atoms with van der Waals surface area (Å²) in [5.41, 5.74) is 3.18. The number of para-hydroxylation sites is 1. The normalized spacial score (nSPS) is 13.9. The molecule has 0 atom stereocenters. The molecule has 1 aliphatic rings. The average Bonchev–Trinajstić information content (AvgIpc) is 2.69. The first-order valence-electron chi connectivity index (χ1n) is 8.54. The molecular weight excluding hydrogens is 346 g/mol. The monoisotopic (exact) mass is 363 g/mol. The third-order valence-electron chi connectivity index (χ3n) is 4.62. The molecule has 1 N–H and O–H groups in total. The maximum Gasteiger partial charge on any atom is 0.311 e. The van der Waals surface area contributed by atoms with E-state index >= 15 is 0 Å². The first kappa shape index (κ1) is 17.0. The number of phenolic OH excluding ortho intramolecular Hbond substituents is 1. The number of pyridine rings is 1. The van der Waals surface area contributed by atoms with Gasteiger partial charge < -0.3 is 5.11 Å². The van der Waals surface area contributed by atoms with Crippen LogP contribution in [0.1, 0.15) is 16.8 Å². The smallest absolute Gasteiger partial charge is 0.311 e. The van der Waals surface area contributed by atoms with E-state index in [1.54, 1.807) is 24.5 Å². The molecule has 0 radical (unpaired) electrons. The molecule has 27 heavy (non-hydrogen) atoms. The highest BCUT2D eigenvalue weighted by atomic mass is 16.6. The van der Waals surface area contributed by atoms with E-state index in [0.717, 1.165) is 29.8 Å². The van der Waals surface area contributed by atoms with Gasteiger partial charge in [0.25, 0.3) is 0 Å². The van der Waals surface area contributed by atoms with Crippen LogP contribution in [0.25, 0.3) is 11.4 Å². The van der Waals surface area contributed by atoms with Crippen molar-refractivity contribution in [1.82, 2.24) is 19.9 Å². The summed E-state index contributed by atoms with van der Waals surface area (Å²) in [4.78, 5) is 25.7. The fourth-order valence-electron chi connectivity index (χ4n) is 3.24. The van der Waals surface area contributed by atoms with Gasteiger partial charge in [-0.2, -0.15) is 0 Å². The zero-order chi connectivity index (χ0) is 18.8. The maximum absolute atomic E-state index is 11.0. The summed E-state index contributed by atoms with van der Waals surface area (Å²) in [5.74, 6) is 0.392. The minimum absolute atomic E-state index is 0.267. The Morgan fingerprint density at radius 3 is 2.89 bits per heavy atom. The van der Waals surface area contributed by atoms with Crippen LogP contribution in [0.5, 0.6) is 5.75 Å². The number of nitrogens with zero attached hydrogens (tertiary/aromatic N) is 5. The van der Waals surface area contributed by atoms with E-state index < -0.39 is 4.92 Å². The second kappa shape index (κ2) is 7.08. The summed E-state index contributed by atoms with van der Waals surface area (Å²) in [6, 6.07) is 8.38. The molecule has 0 saturated carbocycles. The van der Waals surface area contributed by atoms with E-state index in [1.807, 2.05) is 18.3 Å². The lowest BCUT2D eigenvalue weighted by molar-refractivity contribution is -0.385. The van der Waals surface area contributed by atoms with Gasteiger partial charge in [-0.15, -0.1) is 0 Å². The van der Waals surface area contributed by atoms with E-state index in [-0.39, 0.29) is 11.4 Å². The Balaban J connectivity index is 1.53. The van der Waals surface area contributed by atoms with E-state index in [1.165, 1.54) is 6.07 Å². The molecule has 4 rings (SSSR count). The standard InChI is InChI=1S/C19H17N5O3/c25-18-14(3-1-5-17(18)24(26)27)11-23-8-6-16-15(12-23)10-21-19(22-16)13-4-2-7-20-9-13/h1-5,7,9-10,25H,6,8,11-12H2. The minimum Gasteiger partial charge on any atom is -0.502 e. The number of hydrogen-bond donors (Lipinski definition) is 1. The summed E-state index contributed by atoms with van der Waals surface area (Å²) in [5, 5.41) is 21.1. The average molecular weight is 363 g/mol. The Bertz CT molecular complexity index is 994. The molecule has 0 fully saturated rings. The van der Waals surface area contributed by atoms with Crippen molar-refractivity contribution in [3.05, 3.63) is 75.9 Å². The second-order valence-corrected chi connectivity index (χ2v) is 6.41. The van der Waals surface area contributed by atoms with Crippen LogP contribution in [0.4, 0.5) is 5.69 Å². The van der Waals surface area contributed by atoms with Gasteiger partial charge in [-0.25, -0.2) is 9.97 Å². The molecular formula is C19H17N5O3. The fraction of sp³-hybridized carbons (Fsp3) is 0.211. The second-order valence-electron chi connectivity index (χ2n) is 6.41. The van der Waals surface area contributed by atoms with Gasteiger partial charge in [0, 0.05) is 67.4 Å². The van der Waals surface area contributed by atoms with Crippen LogP contribution in [0.2, 0.25) is 0 Å². The van der Waals surface area contributed by atoms with Crippen LogP contribution in [0.3, 0.4) is 0 Å². The largest absolute Gasteiger partial charge is 0.502 e. The van der Waals surface area contributed by atoms with Crippen LogP contribution < -0.4 is 0 Å². The van der Waals surface area contributed by atoms with Crippen LogP contribution >= 0.6 is 0 Å². The molecule has 1 aromatic carbocycles. The van der Waals surface area contributed by atoms with Crippen molar-refractivity contribution < 1.29 is 10.0 Å². The van der Waals surface area contributed by atoms with Crippen molar-refractivity contribution in [2.75, 3.05) is 6.54 Å². The van der Waals surface area contributed by atoms with Gasteiger partial charge in [0.15, 0.2) is 11.6 Å². The number of hydrogen-bond acceptors (Lipinski definition) is 7. The predicted molar refractivity (Wildman–Crippen MR) is 97.8 cm³/mol. The number of phenols is 1. The highest BCUT2D eigenvalue weighted by Gasteiger charge is 2.22. The Labute approximate surface area is 155 Å². The number of nitro benzene ring substituents is 1. The molecule has 0 saturated heterocycles. The molecule has 136 valence electrons. The highest BCUT2D eigenvalue weighted by molar-refractivity contribution is 5.53. The first-order valence-corrected chi connectivity index (χ1v) is 8.54. The highest BCUT2D eigenvalue weighted by Crippen LogP contribution is 2.31. The van der Waals surface area contributed by atoms with Gasteiger partial charge in [0.05, 0.1) is 10.6 Å². The van der Waals surface area contributed by atoms with Gasteiger partial charge in [-0.05, 0) is 12.1 Å². The third kappa shape index (κ3) is 3.47. The zero-order valence-electron chi connectivity index (χ0n) is 14.4. The lowest BCUT2D eigenvalue weighted by atomic mass is 10.1. The number of fused-ring (bicyclic) bond motifs is 1. The van der Waals surface area contributed by atoms with E-state index in [4.69, 9.17) is 0 Å². The molecule has 0 bridgehead atoms. The number of benzene rings is 1. The van der Waals surface area contributed by atoms with Crippen LogP contribution in [0, 0.1) is 10.1 Å². The Morgan fingerprint density at radius 1 is 1.22 bits per heavy atom. The van der Waals surface area contributed by atoms with Crippen LogP contribution in [0.15, 0.2) is 48.9 Å². The molecule has 1 aliphatic heterocycles. The molecule has 8 heteroatoms. The van der Waals surface area contributed by atoms with E-state index in [0.29, 0.717) is 24.5 Å². The minimum atomic E-state index is -0.571. The summed E-state index contributed by atoms with van der Waals surface area (Å²) < 4.78 is 0. The molecule has 8 nitrogen and oxygen atoms in total. The predicted octanol–water partition coefficient (Wildman–Crippen LogP) is 2.71. The van der Waals surface area contributed by atoms with Crippen molar-refractivity contribution >= 4 is 5.69 Å². The molecule has 0 amide bonds. The first-order chi connectivity index (χ1) is 13.1. The molecule has 2 aromatic heterocycles. The van der Waals surface area contributed by atoms with Crippen molar-refractivity contribution in [3.63, 3.8) is 0 Å². The Hall–Kier alpha value is -3.39. The quantitative estimate of drug-likeness (QED) is 0.561. The van der Waals surface area contributed by atoms with E-state index in [9.17, 15) is 15.2 Å². The number of aromatic nitrogens is 3. The number of nitro groups is 1. The molecule has 3 heterocycles. The molecule has 0 spiro atoms. The maximum atomic E-state index is 11.0. The van der Waals surface area contributed by atoms with E-state index in [2.05, 4.69) is 19.9 Å². The molecule has 0 unspecified atom stereocenters. The number of aromatic hydroxyl groups is 1. The van der Waals surface area contributed by atoms with Gasteiger partial charge >= 0.3 is 5.69 Å². The lowest BCUT2D eigenvalue weighted by Gasteiger charge is -2.28. The van der Waals surface area contributed by atoms with Gasteiger partial charge in [-0.1, -0.05) is 12.1 Å². The van der Waals surface area contributed by atoms with Gasteiger partial charge in [0.2, 0.25) is 0 Å². The van der Waals surface area contributed by atoms with Gasteiger partial charge in [0.1, 0.15) is 0 Å². The summed E-state index contributed by atoms with van der Waals surface area (Å²) in [7, 11) is 0. The van der Waals surface area contributed by atoms with Crippen molar-refractivity contribution in [2.45, 2.75) is 19.5 Å². The third-order valence-corrected chi connectivity index (χ3v) is 4.62. The SMILES string of the molecule is O=[N+]([O-])c1cccc(CN2CCc3nc(-c4cccnc4)ncc3C2)c1O. The van der Waals surface area contributed by atoms with Crippen molar-refractivity contribution in [2.24, 2.45) is 0 Å². The van der Waals surface area contributed by atoms with Crippen molar-refractivity contribution in [1.29, 1.82) is 0 Å². The van der Waals surface area contributed by atoms with Crippen LogP contribution in [-0.4, -0.2) is 36.4 Å². The fourth-order valence-corrected chi connectivity index (χ4v) is 3.24. The zero-order valence-corrected chi connectivity index (χ0v) is 14.4.